The largest absolute Gasteiger partial charge is 0.453 e. The average molecular weight is 817 g/mol. The van der Waals surface area contributed by atoms with Crippen molar-refractivity contribution in [3.8, 4) is 22.4 Å². The van der Waals surface area contributed by atoms with Gasteiger partial charge in [-0.25, -0.2) is 19.6 Å². The van der Waals surface area contributed by atoms with Crippen LogP contribution in [-0.4, -0.2) is 92.1 Å². The van der Waals surface area contributed by atoms with E-state index in [1.165, 1.54) is 14.2 Å². The number of ether oxygens (including phenoxy) is 2. The summed E-state index contributed by atoms with van der Waals surface area (Å²) in [6, 6.07) is 17.1. The Morgan fingerprint density at radius 2 is 1.38 bits per heavy atom. The number of carbonyl (C=O) groups excluding carboxylic acids is 4. The third-order valence-corrected chi connectivity index (χ3v) is 13.3. The van der Waals surface area contributed by atoms with Crippen LogP contribution < -0.4 is 10.6 Å². The number of piperidine rings is 1. The number of carbonyl (C=O) groups is 4. The number of alkyl carbamates (subject to hydrolysis) is 2. The first kappa shape index (κ1) is 40.8. The van der Waals surface area contributed by atoms with Gasteiger partial charge in [0.15, 0.2) is 0 Å². The molecular formula is C46H56N8O6. The van der Waals surface area contributed by atoms with Gasteiger partial charge in [-0.15, -0.1) is 0 Å². The van der Waals surface area contributed by atoms with Crippen molar-refractivity contribution < 1.29 is 28.7 Å². The molecule has 14 heteroatoms. The van der Waals surface area contributed by atoms with Crippen LogP contribution in [0.3, 0.4) is 0 Å². The van der Waals surface area contributed by atoms with Crippen LogP contribution in [0.25, 0.3) is 44.2 Å². The van der Waals surface area contributed by atoms with Crippen molar-refractivity contribution in [3.05, 3.63) is 72.4 Å². The third-order valence-electron chi connectivity index (χ3n) is 13.3. The highest BCUT2D eigenvalue weighted by atomic mass is 16.5. The molecule has 0 radical (unpaired) electrons. The standard InChI is InChI=1S/C46H56N8O6/c1-23(2)37(51-45(57)59-7)43(55)53-26(6)25(5)19-36(53)41-48-34-18-15-30-20-29(14-17-33(30)39(34)50-41)27-9-11-28(12-10-27)35-22-47-42(49-35)40-31-13-16-32(21-31)54(40)44(56)38(24(3)4)52-46(58)60-8/h9-12,14-15,17-18,20,22-26,31-32,36-38,40H,13,16,19,21H2,1-8H3,(H,47,49)(H,48,50)(H,51,57)(H,52,58)/t25?,26-,31+,32-,36+,37+,38+,40+/m1/s1. The molecule has 2 aliphatic heterocycles. The SMILES string of the molecule is COC(=O)N[C@H](C(=O)N1[C@@H]2CC[C@@H](C2)[C@H]1c1ncc(-c2ccc(-c3ccc4c(ccc5nc([C@@H]6CC(C)[C@@H](C)N6C(=O)[C@@H](NC(=O)OC)C(C)C)[nH]c54)c3)cc2)[nH]1)C(C)C. The minimum Gasteiger partial charge on any atom is -0.453 e. The summed E-state index contributed by atoms with van der Waals surface area (Å²) in [5, 5.41) is 7.61. The lowest BCUT2D eigenvalue weighted by Crippen LogP contribution is -2.54. The van der Waals surface area contributed by atoms with Crippen LogP contribution in [0.2, 0.25) is 0 Å². The van der Waals surface area contributed by atoms with Crippen LogP contribution in [-0.2, 0) is 19.1 Å². The Kier molecular flexibility index (Phi) is 11.1. The fourth-order valence-corrected chi connectivity index (χ4v) is 9.84. The van der Waals surface area contributed by atoms with Crippen LogP contribution in [0.15, 0.2) is 60.8 Å². The van der Waals surface area contributed by atoms with Crippen molar-refractivity contribution in [2.45, 2.75) is 103 Å². The average Bonchev–Trinajstić information content (AvgIpc) is 4.10. The number of hydrogen-bond acceptors (Lipinski definition) is 8. The molecule has 2 saturated heterocycles. The lowest BCUT2D eigenvalue weighted by Gasteiger charge is -2.37. The fraction of sp³-hybridized carbons (Fsp3) is 0.478. The molecular weight excluding hydrogens is 761 g/mol. The maximum Gasteiger partial charge on any atom is 0.407 e. The molecule has 316 valence electrons. The van der Waals surface area contributed by atoms with E-state index in [0.29, 0.717) is 5.92 Å². The first-order valence-corrected chi connectivity index (χ1v) is 21.2. The maximum atomic E-state index is 14.0. The monoisotopic (exact) mass is 816 g/mol. The van der Waals surface area contributed by atoms with E-state index in [1.807, 2.05) is 49.8 Å². The van der Waals surface area contributed by atoms with Gasteiger partial charge in [0.2, 0.25) is 11.8 Å². The van der Waals surface area contributed by atoms with Gasteiger partial charge in [0.25, 0.3) is 0 Å². The summed E-state index contributed by atoms with van der Waals surface area (Å²) in [6.07, 6.45) is 4.27. The molecule has 1 unspecified atom stereocenters. The molecule has 2 aromatic heterocycles. The maximum absolute atomic E-state index is 14.0. The minimum atomic E-state index is -0.723. The Balaban J connectivity index is 1.01. The van der Waals surface area contributed by atoms with Crippen molar-refractivity contribution in [2.75, 3.05) is 14.2 Å². The number of imidazole rings is 2. The van der Waals surface area contributed by atoms with E-state index in [-0.39, 0.29) is 53.7 Å². The Hall–Kier alpha value is -5.92. The van der Waals surface area contributed by atoms with Crippen molar-refractivity contribution in [1.82, 2.24) is 40.4 Å². The Morgan fingerprint density at radius 1 is 0.750 bits per heavy atom. The Bertz CT molecular complexity index is 2420. The number of hydrogen-bond donors (Lipinski definition) is 4. The smallest absolute Gasteiger partial charge is 0.407 e. The van der Waals surface area contributed by atoms with E-state index < -0.39 is 24.3 Å². The van der Waals surface area contributed by atoms with Gasteiger partial charge in [-0.3, -0.25) is 9.59 Å². The molecule has 4 amide bonds. The van der Waals surface area contributed by atoms with Gasteiger partial charge in [0, 0.05) is 17.5 Å². The highest BCUT2D eigenvalue weighted by Gasteiger charge is 2.51. The van der Waals surface area contributed by atoms with E-state index in [1.54, 1.807) is 0 Å². The van der Waals surface area contributed by atoms with E-state index in [0.717, 1.165) is 81.5 Å². The number of fused-ring (bicyclic) bond motifs is 5. The van der Waals surface area contributed by atoms with Crippen molar-refractivity contribution in [3.63, 3.8) is 0 Å². The normalized spacial score (nSPS) is 23.4. The summed E-state index contributed by atoms with van der Waals surface area (Å²) in [5.74, 6) is 1.58. The number of methoxy groups -OCH3 is 2. The molecule has 14 nitrogen and oxygen atoms in total. The zero-order valence-corrected chi connectivity index (χ0v) is 35.6. The molecule has 4 heterocycles. The molecule has 3 aromatic carbocycles. The fourth-order valence-electron chi connectivity index (χ4n) is 9.84. The quantitative estimate of drug-likeness (QED) is 0.110. The summed E-state index contributed by atoms with van der Waals surface area (Å²) >= 11 is 0. The van der Waals surface area contributed by atoms with Crippen LogP contribution in [0.4, 0.5) is 9.59 Å². The Morgan fingerprint density at radius 3 is 2.03 bits per heavy atom. The van der Waals surface area contributed by atoms with Crippen LogP contribution in [0.5, 0.6) is 0 Å². The minimum absolute atomic E-state index is 0.0401. The van der Waals surface area contributed by atoms with Crippen molar-refractivity contribution >= 4 is 45.8 Å². The van der Waals surface area contributed by atoms with Gasteiger partial charge in [-0.1, -0.05) is 77.1 Å². The predicted molar refractivity (Wildman–Crippen MR) is 228 cm³/mol. The zero-order valence-electron chi connectivity index (χ0n) is 35.6. The number of amides is 4. The lowest BCUT2D eigenvalue weighted by atomic mass is 9.95. The van der Waals surface area contributed by atoms with Crippen molar-refractivity contribution in [2.24, 2.45) is 23.7 Å². The Labute approximate surface area is 350 Å². The van der Waals surface area contributed by atoms with Crippen LogP contribution in [0.1, 0.15) is 91.0 Å². The first-order chi connectivity index (χ1) is 28.8. The second-order valence-electron chi connectivity index (χ2n) is 17.6. The van der Waals surface area contributed by atoms with Gasteiger partial charge in [0.1, 0.15) is 23.7 Å². The number of aromatic nitrogens is 4. The summed E-state index contributed by atoms with van der Waals surface area (Å²) in [4.78, 5) is 73.2. The van der Waals surface area contributed by atoms with Gasteiger partial charge in [-0.2, -0.15) is 0 Å². The third kappa shape index (κ3) is 7.34. The van der Waals surface area contributed by atoms with E-state index in [4.69, 9.17) is 19.4 Å². The summed E-state index contributed by atoms with van der Waals surface area (Å²) in [6.45, 7) is 11.9. The molecule has 5 aromatic rings. The molecule has 8 atom stereocenters. The molecule has 3 fully saturated rings. The molecule has 1 aliphatic carbocycles. The summed E-state index contributed by atoms with van der Waals surface area (Å²) < 4.78 is 9.66. The number of nitrogens with zero attached hydrogens (tertiary/aromatic N) is 4. The van der Waals surface area contributed by atoms with Crippen molar-refractivity contribution in [1.29, 1.82) is 0 Å². The van der Waals surface area contributed by atoms with E-state index in [9.17, 15) is 19.2 Å². The van der Waals surface area contributed by atoms with E-state index in [2.05, 4.69) is 83.0 Å². The molecule has 8 rings (SSSR count). The second-order valence-corrected chi connectivity index (χ2v) is 17.6. The number of aromatic amines is 2. The number of nitrogens with one attached hydrogen (secondary N) is 4. The summed E-state index contributed by atoms with van der Waals surface area (Å²) in [7, 11) is 2.61. The zero-order chi connectivity index (χ0) is 42.6. The number of rotatable bonds is 10. The topological polar surface area (TPSA) is 175 Å². The molecule has 1 saturated carbocycles. The van der Waals surface area contributed by atoms with E-state index >= 15 is 0 Å². The molecule has 60 heavy (non-hydrogen) atoms. The highest BCUT2D eigenvalue weighted by Crippen LogP contribution is 2.50. The number of H-pyrrole nitrogens is 2. The molecule has 2 bridgehead atoms. The molecule has 4 N–H and O–H groups in total. The van der Waals surface area contributed by atoms with Crippen LogP contribution in [0, 0.1) is 23.7 Å². The van der Waals surface area contributed by atoms with Gasteiger partial charge in [-0.05, 0) is 90.5 Å². The number of benzene rings is 3. The molecule has 3 aliphatic rings. The predicted octanol–water partition coefficient (Wildman–Crippen LogP) is 7.88. The molecule has 0 spiro atoms. The highest BCUT2D eigenvalue weighted by molar-refractivity contribution is 6.05. The van der Waals surface area contributed by atoms with Gasteiger partial charge in [0.05, 0.1) is 49.2 Å². The van der Waals surface area contributed by atoms with Crippen LogP contribution >= 0.6 is 0 Å². The second kappa shape index (κ2) is 16.3. The van der Waals surface area contributed by atoms with Gasteiger partial charge >= 0.3 is 12.2 Å². The summed E-state index contributed by atoms with van der Waals surface area (Å²) in [5.41, 5.74) is 5.75. The first-order valence-electron chi connectivity index (χ1n) is 21.2. The number of likely N-dealkylation sites (tertiary alicyclic amines) is 2. The lowest BCUT2D eigenvalue weighted by molar-refractivity contribution is -0.139. The van der Waals surface area contributed by atoms with Gasteiger partial charge < -0.3 is 39.9 Å².